The molecule has 158 valence electrons. The first-order valence-corrected chi connectivity index (χ1v) is 11.1. The zero-order valence-corrected chi connectivity index (χ0v) is 18.2. The lowest BCUT2D eigenvalue weighted by molar-refractivity contribution is -0.120. The molecule has 0 spiro atoms. The van der Waals surface area contributed by atoms with Gasteiger partial charge in [-0.15, -0.1) is 0 Å². The van der Waals surface area contributed by atoms with Crippen molar-refractivity contribution >= 4 is 21.6 Å². The largest absolute Gasteiger partial charge is 0.497 e. The van der Waals surface area contributed by atoms with E-state index >= 15 is 0 Å². The average Bonchev–Trinajstić information content (AvgIpc) is 2.70. The van der Waals surface area contributed by atoms with Crippen LogP contribution in [0.5, 0.6) is 11.5 Å². The number of carbonyl (C=O) groups is 1. The molecule has 0 aliphatic heterocycles. The van der Waals surface area contributed by atoms with Crippen LogP contribution in [0.1, 0.15) is 31.0 Å². The fourth-order valence-corrected chi connectivity index (χ4v) is 3.99. The molecule has 0 bridgehead atoms. The van der Waals surface area contributed by atoms with Crippen LogP contribution in [0.25, 0.3) is 0 Å². The SMILES string of the molecule is CCc1ccccc1N(CC(=O)N[C@@H](C)c1cc(OC)ccc1OC)S(C)(=O)=O. The van der Waals surface area contributed by atoms with Gasteiger partial charge in [0.25, 0.3) is 0 Å². The van der Waals surface area contributed by atoms with E-state index in [2.05, 4.69) is 5.32 Å². The van der Waals surface area contributed by atoms with Gasteiger partial charge < -0.3 is 14.8 Å². The van der Waals surface area contributed by atoms with Gasteiger partial charge in [-0.3, -0.25) is 9.10 Å². The van der Waals surface area contributed by atoms with E-state index < -0.39 is 22.0 Å². The minimum absolute atomic E-state index is 0.313. The van der Waals surface area contributed by atoms with Gasteiger partial charge in [-0.2, -0.15) is 0 Å². The summed E-state index contributed by atoms with van der Waals surface area (Å²) >= 11 is 0. The number of methoxy groups -OCH3 is 2. The Morgan fingerprint density at radius 1 is 1.14 bits per heavy atom. The Kier molecular flexibility index (Phi) is 7.50. The van der Waals surface area contributed by atoms with Gasteiger partial charge in [0.2, 0.25) is 15.9 Å². The van der Waals surface area contributed by atoms with Crippen LogP contribution in [-0.2, 0) is 21.2 Å². The van der Waals surface area contributed by atoms with Crippen LogP contribution in [0.15, 0.2) is 42.5 Å². The minimum Gasteiger partial charge on any atom is -0.497 e. The van der Waals surface area contributed by atoms with E-state index in [0.717, 1.165) is 21.7 Å². The highest BCUT2D eigenvalue weighted by Gasteiger charge is 2.24. The molecule has 29 heavy (non-hydrogen) atoms. The molecule has 0 saturated carbocycles. The lowest BCUT2D eigenvalue weighted by Crippen LogP contribution is -2.41. The number of ether oxygens (including phenoxy) is 2. The summed E-state index contributed by atoms with van der Waals surface area (Å²) < 4.78 is 36.5. The summed E-state index contributed by atoms with van der Waals surface area (Å²) in [6.07, 6.45) is 1.75. The number of anilines is 1. The average molecular weight is 421 g/mol. The normalized spacial score (nSPS) is 12.2. The van der Waals surface area contributed by atoms with Crippen LogP contribution in [0.2, 0.25) is 0 Å². The van der Waals surface area contributed by atoms with E-state index in [1.165, 1.54) is 0 Å². The number of hydrogen-bond acceptors (Lipinski definition) is 5. The van der Waals surface area contributed by atoms with Crippen LogP contribution in [0, 0.1) is 0 Å². The number of sulfonamides is 1. The molecular formula is C21H28N2O5S. The summed E-state index contributed by atoms with van der Waals surface area (Å²) in [5, 5.41) is 2.85. The molecule has 0 heterocycles. The molecule has 7 nitrogen and oxygen atoms in total. The lowest BCUT2D eigenvalue weighted by atomic mass is 10.1. The molecule has 1 N–H and O–H groups in total. The maximum atomic E-state index is 12.7. The standard InChI is InChI=1S/C21H28N2O5S/c1-6-16-9-7-8-10-19(16)23(29(5,25)26)14-21(24)22-15(2)18-13-17(27-3)11-12-20(18)28-4/h7-13,15H,6,14H2,1-5H3,(H,22,24)/t15-/m0/s1. The number of nitrogens with one attached hydrogen (secondary N) is 1. The maximum Gasteiger partial charge on any atom is 0.241 e. The monoisotopic (exact) mass is 420 g/mol. The van der Waals surface area contributed by atoms with Crippen LogP contribution < -0.4 is 19.1 Å². The van der Waals surface area contributed by atoms with Crippen LogP contribution in [0.3, 0.4) is 0 Å². The summed E-state index contributed by atoms with van der Waals surface area (Å²) in [4.78, 5) is 12.7. The van der Waals surface area contributed by atoms with E-state index in [1.807, 2.05) is 19.1 Å². The summed E-state index contributed by atoms with van der Waals surface area (Å²) in [7, 11) is -0.534. The van der Waals surface area contributed by atoms with Crippen molar-refractivity contribution in [3.63, 3.8) is 0 Å². The van der Waals surface area contributed by atoms with Crippen molar-refractivity contribution < 1.29 is 22.7 Å². The van der Waals surface area contributed by atoms with Crippen molar-refractivity contribution in [2.75, 3.05) is 31.3 Å². The third-order valence-electron chi connectivity index (χ3n) is 4.61. The molecule has 2 aromatic carbocycles. The van der Waals surface area contributed by atoms with Gasteiger partial charge in [0, 0.05) is 5.56 Å². The molecule has 0 radical (unpaired) electrons. The number of amides is 1. The number of carbonyl (C=O) groups excluding carboxylic acids is 1. The molecule has 0 aromatic heterocycles. The fraction of sp³-hybridized carbons (Fsp3) is 0.381. The van der Waals surface area contributed by atoms with E-state index in [0.29, 0.717) is 23.6 Å². The van der Waals surface area contributed by atoms with Crippen molar-refractivity contribution in [3.05, 3.63) is 53.6 Å². The Bertz CT molecular complexity index is 959. The summed E-state index contributed by atoms with van der Waals surface area (Å²) in [5.41, 5.74) is 2.10. The number of benzene rings is 2. The van der Waals surface area contributed by atoms with Crippen molar-refractivity contribution in [1.82, 2.24) is 5.32 Å². The molecule has 0 unspecified atom stereocenters. The maximum absolute atomic E-state index is 12.7. The molecule has 0 fully saturated rings. The fourth-order valence-electron chi connectivity index (χ4n) is 3.11. The second-order valence-corrected chi connectivity index (χ2v) is 8.56. The number of para-hydroxylation sites is 1. The van der Waals surface area contributed by atoms with E-state index in [9.17, 15) is 13.2 Å². The molecule has 8 heteroatoms. The topological polar surface area (TPSA) is 84.9 Å². The van der Waals surface area contributed by atoms with E-state index in [-0.39, 0.29) is 6.54 Å². The lowest BCUT2D eigenvalue weighted by Gasteiger charge is -2.25. The van der Waals surface area contributed by atoms with Crippen LogP contribution >= 0.6 is 0 Å². The van der Waals surface area contributed by atoms with Crippen molar-refractivity contribution in [1.29, 1.82) is 0 Å². The van der Waals surface area contributed by atoms with E-state index in [4.69, 9.17) is 9.47 Å². The van der Waals surface area contributed by atoms with E-state index in [1.54, 1.807) is 51.5 Å². The van der Waals surface area contributed by atoms with Gasteiger partial charge in [-0.05, 0) is 43.2 Å². The molecule has 0 aliphatic carbocycles. The second-order valence-electron chi connectivity index (χ2n) is 6.65. The Balaban J connectivity index is 2.25. The molecule has 0 saturated heterocycles. The third kappa shape index (κ3) is 5.63. The van der Waals surface area contributed by atoms with Gasteiger partial charge in [0.05, 0.1) is 32.2 Å². The predicted molar refractivity (Wildman–Crippen MR) is 114 cm³/mol. The Morgan fingerprint density at radius 3 is 2.41 bits per heavy atom. The number of hydrogen-bond donors (Lipinski definition) is 1. The highest BCUT2D eigenvalue weighted by molar-refractivity contribution is 7.92. The zero-order chi connectivity index (χ0) is 21.6. The first-order chi connectivity index (χ1) is 13.7. The van der Waals surface area contributed by atoms with Gasteiger partial charge in [-0.1, -0.05) is 25.1 Å². The van der Waals surface area contributed by atoms with Gasteiger partial charge in [0.15, 0.2) is 0 Å². The zero-order valence-electron chi connectivity index (χ0n) is 17.4. The predicted octanol–water partition coefficient (Wildman–Crippen LogP) is 2.91. The quantitative estimate of drug-likeness (QED) is 0.674. The first kappa shape index (κ1) is 22.5. The Hall–Kier alpha value is -2.74. The highest BCUT2D eigenvalue weighted by Crippen LogP contribution is 2.29. The summed E-state index contributed by atoms with van der Waals surface area (Å²) in [6, 6.07) is 12.1. The Labute approximate surface area is 172 Å². The van der Waals surface area contributed by atoms with Gasteiger partial charge in [0.1, 0.15) is 18.0 Å². The number of rotatable bonds is 9. The molecule has 2 rings (SSSR count). The molecule has 1 atom stereocenters. The molecular weight excluding hydrogens is 392 g/mol. The van der Waals surface area contributed by atoms with Crippen molar-refractivity contribution in [3.8, 4) is 11.5 Å². The third-order valence-corrected chi connectivity index (χ3v) is 5.74. The number of nitrogens with zero attached hydrogens (tertiary/aromatic N) is 1. The van der Waals surface area contributed by atoms with Crippen LogP contribution in [0.4, 0.5) is 5.69 Å². The van der Waals surface area contributed by atoms with Crippen molar-refractivity contribution in [2.24, 2.45) is 0 Å². The Morgan fingerprint density at radius 2 is 1.83 bits per heavy atom. The molecule has 1 amide bonds. The summed E-state index contributed by atoms with van der Waals surface area (Å²) in [6.45, 7) is 3.43. The molecule has 0 aliphatic rings. The summed E-state index contributed by atoms with van der Waals surface area (Å²) in [5.74, 6) is 0.824. The molecule has 2 aromatic rings. The number of aryl methyl sites for hydroxylation is 1. The second kappa shape index (κ2) is 9.65. The van der Waals surface area contributed by atoms with Gasteiger partial charge >= 0.3 is 0 Å². The minimum atomic E-state index is -3.64. The van der Waals surface area contributed by atoms with Crippen LogP contribution in [-0.4, -0.2) is 41.3 Å². The smallest absolute Gasteiger partial charge is 0.241 e. The first-order valence-electron chi connectivity index (χ1n) is 9.28. The highest BCUT2D eigenvalue weighted by atomic mass is 32.2. The van der Waals surface area contributed by atoms with Crippen molar-refractivity contribution in [2.45, 2.75) is 26.3 Å². The van der Waals surface area contributed by atoms with Gasteiger partial charge in [-0.25, -0.2) is 8.42 Å².